The largest absolute Gasteiger partial charge is 0.460 e. The Bertz CT molecular complexity index is 962. The third-order valence-electron chi connectivity index (χ3n) is 5.11. The van der Waals surface area contributed by atoms with E-state index in [-0.39, 0.29) is 48.0 Å². The van der Waals surface area contributed by atoms with Gasteiger partial charge in [-0.25, -0.2) is 4.79 Å². The van der Waals surface area contributed by atoms with E-state index >= 15 is 0 Å². The van der Waals surface area contributed by atoms with E-state index in [4.69, 9.17) is 19.9 Å². The zero-order chi connectivity index (χ0) is 22.1. The van der Waals surface area contributed by atoms with Crippen LogP contribution in [0.25, 0.3) is 0 Å². The second kappa shape index (κ2) is 8.27. The summed E-state index contributed by atoms with van der Waals surface area (Å²) < 4.78 is 15.8. The third-order valence-corrected chi connectivity index (χ3v) is 5.11. The normalized spacial score (nSPS) is 20.5. The average Bonchev–Trinajstić information content (AvgIpc) is 2.66. The molecule has 9 nitrogen and oxygen atoms in total. The first-order valence-corrected chi connectivity index (χ1v) is 9.49. The van der Waals surface area contributed by atoms with Crippen LogP contribution in [0, 0.1) is 15.5 Å². The first kappa shape index (κ1) is 21.5. The predicted molar refractivity (Wildman–Crippen MR) is 106 cm³/mol. The topological polar surface area (TPSA) is 131 Å². The molecule has 0 saturated carbocycles. The van der Waals surface area contributed by atoms with Gasteiger partial charge in [-0.2, -0.15) is 0 Å². The summed E-state index contributed by atoms with van der Waals surface area (Å²) in [5.74, 6) is -1.64. The molecule has 3 rings (SSSR count). The lowest BCUT2D eigenvalue weighted by Gasteiger charge is -2.37. The van der Waals surface area contributed by atoms with Crippen molar-refractivity contribution in [2.24, 2.45) is 11.1 Å². The van der Waals surface area contributed by atoms with Gasteiger partial charge in [0.25, 0.3) is 5.69 Å². The van der Waals surface area contributed by atoms with Gasteiger partial charge in [0, 0.05) is 37.7 Å². The number of nitrogens with zero attached hydrogens (tertiary/aromatic N) is 1. The van der Waals surface area contributed by atoms with Gasteiger partial charge in [-0.05, 0) is 11.0 Å². The smallest absolute Gasteiger partial charge is 0.340 e. The number of methoxy groups -OCH3 is 1. The van der Waals surface area contributed by atoms with Crippen molar-refractivity contribution in [3.8, 4) is 0 Å². The fraction of sp³-hybridized carbons (Fsp3) is 0.429. The molecule has 1 aliphatic carbocycles. The summed E-state index contributed by atoms with van der Waals surface area (Å²) in [4.78, 5) is 36.7. The third kappa shape index (κ3) is 4.20. The number of non-ortho nitro benzene ring substituents is 1. The van der Waals surface area contributed by atoms with Crippen LogP contribution in [0.4, 0.5) is 5.69 Å². The highest BCUT2D eigenvalue weighted by molar-refractivity contribution is 6.03. The molecule has 1 aliphatic heterocycles. The molecule has 0 spiro atoms. The minimum atomic E-state index is -0.910. The van der Waals surface area contributed by atoms with Gasteiger partial charge < -0.3 is 19.9 Å². The SMILES string of the molecule is COCCOC(=O)C1=C(N)OC2=C(C(=O)CC(C)(C)C2)C1c1cccc([N+](=O)[O-])c1. The number of nitro benzene ring substituents is 1. The number of carbonyl (C=O) groups is 2. The Kier molecular flexibility index (Phi) is 5.93. The number of hydrogen-bond acceptors (Lipinski definition) is 8. The van der Waals surface area contributed by atoms with E-state index in [1.807, 2.05) is 13.8 Å². The number of Topliss-reactive ketones (excluding diaryl/α,β-unsaturated/α-hetero) is 1. The second-order valence-corrected chi connectivity index (χ2v) is 8.07. The van der Waals surface area contributed by atoms with Crippen molar-refractivity contribution in [2.75, 3.05) is 20.3 Å². The van der Waals surface area contributed by atoms with Crippen LogP contribution in [0.2, 0.25) is 0 Å². The van der Waals surface area contributed by atoms with Crippen LogP contribution < -0.4 is 5.73 Å². The molecule has 1 aromatic rings. The minimum absolute atomic E-state index is 0.0132. The number of nitro groups is 1. The lowest BCUT2D eigenvalue weighted by molar-refractivity contribution is -0.384. The highest BCUT2D eigenvalue weighted by Gasteiger charge is 2.45. The first-order valence-electron chi connectivity index (χ1n) is 9.49. The molecule has 1 heterocycles. The van der Waals surface area contributed by atoms with Gasteiger partial charge >= 0.3 is 5.97 Å². The first-order chi connectivity index (χ1) is 14.1. The molecule has 160 valence electrons. The van der Waals surface area contributed by atoms with E-state index in [1.165, 1.54) is 25.3 Å². The number of allylic oxidation sites excluding steroid dienone is 2. The Morgan fingerprint density at radius 2 is 2.07 bits per heavy atom. The van der Waals surface area contributed by atoms with Gasteiger partial charge in [-0.1, -0.05) is 26.0 Å². The predicted octanol–water partition coefficient (Wildman–Crippen LogP) is 2.71. The maximum absolute atomic E-state index is 13.1. The van der Waals surface area contributed by atoms with Crippen LogP contribution in [-0.4, -0.2) is 37.0 Å². The number of ether oxygens (including phenoxy) is 3. The highest BCUT2D eigenvalue weighted by atomic mass is 16.6. The Labute approximate surface area is 173 Å². The van der Waals surface area contributed by atoms with Gasteiger partial charge in [-0.15, -0.1) is 0 Å². The van der Waals surface area contributed by atoms with Crippen LogP contribution in [0.1, 0.15) is 38.2 Å². The molecule has 1 atom stereocenters. The monoisotopic (exact) mass is 416 g/mol. The molecule has 30 heavy (non-hydrogen) atoms. The lowest BCUT2D eigenvalue weighted by Crippen LogP contribution is -2.35. The van der Waals surface area contributed by atoms with Crippen molar-refractivity contribution in [3.05, 3.63) is 62.7 Å². The van der Waals surface area contributed by atoms with Crippen LogP contribution in [0.5, 0.6) is 0 Å². The van der Waals surface area contributed by atoms with Crippen LogP contribution in [0.15, 0.2) is 47.1 Å². The van der Waals surface area contributed by atoms with E-state index in [9.17, 15) is 19.7 Å². The van der Waals surface area contributed by atoms with E-state index in [0.717, 1.165) is 0 Å². The minimum Gasteiger partial charge on any atom is -0.460 e. The van der Waals surface area contributed by atoms with Gasteiger partial charge in [0.2, 0.25) is 5.88 Å². The van der Waals surface area contributed by atoms with E-state index < -0.39 is 16.8 Å². The number of nitrogens with two attached hydrogens (primary N) is 1. The Balaban J connectivity index is 2.13. The summed E-state index contributed by atoms with van der Waals surface area (Å²) in [5, 5.41) is 11.3. The summed E-state index contributed by atoms with van der Waals surface area (Å²) >= 11 is 0. The number of carbonyl (C=O) groups excluding carboxylic acids is 2. The maximum atomic E-state index is 13.1. The molecule has 0 bridgehead atoms. The summed E-state index contributed by atoms with van der Waals surface area (Å²) in [6.07, 6.45) is 0.707. The molecule has 0 radical (unpaired) electrons. The van der Waals surface area contributed by atoms with Gasteiger partial charge in [-0.3, -0.25) is 14.9 Å². The Hall–Kier alpha value is -3.20. The fourth-order valence-electron chi connectivity index (χ4n) is 3.83. The molecule has 0 fully saturated rings. The zero-order valence-electron chi connectivity index (χ0n) is 17.1. The fourth-order valence-corrected chi connectivity index (χ4v) is 3.83. The van der Waals surface area contributed by atoms with Crippen molar-refractivity contribution >= 4 is 17.4 Å². The van der Waals surface area contributed by atoms with E-state index in [0.29, 0.717) is 23.3 Å². The van der Waals surface area contributed by atoms with Gasteiger partial charge in [0.15, 0.2) is 5.78 Å². The number of hydrogen-bond donors (Lipinski definition) is 1. The van der Waals surface area contributed by atoms with Crippen LogP contribution >= 0.6 is 0 Å². The van der Waals surface area contributed by atoms with Crippen molar-refractivity contribution in [1.82, 2.24) is 0 Å². The quantitative estimate of drug-likeness (QED) is 0.324. The lowest BCUT2D eigenvalue weighted by atomic mass is 9.70. The molecule has 0 saturated heterocycles. The standard InChI is InChI=1S/C21H24N2O7/c1-21(2)10-14(24)17-15(11-21)30-19(22)18(20(25)29-8-7-28-3)16(17)12-5-4-6-13(9-12)23(26)27/h4-6,9,16H,7-8,10-11,22H2,1-3H3. The van der Waals surface area contributed by atoms with Crippen molar-refractivity contribution in [1.29, 1.82) is 0 Å². The molecule has 0 aromatic heterocycles. The number of rotatable bonds is 6. The van der Waals surface area contributed by atoms with Crippen molar-refractivity contribution < 1.29 is 28.7 Å². The number of esters is 1. The highest BCUT2D eigenvalue weighted by Crippen LogP contribution is 2.48. The summed E-state index contributed by atoms with van der Waals surface area (Å²) in [6.45, 7) is 4.05. The number of benzene rings is 1. The molecule has 1 aromatic carbocycles. The molecule has 1 unspecified atom stereocenters. The second-order valence-electron chi connectivity index (χ2n) is 8.07. The summed E-state index contributed by atoms with van der Waals surface area (Å²) in [5.41, 5.74) is 6.26. The summed E-state index contributed by atoms with van der Waals surface area (Å²) in [6, 6.07) is 5.80. The van der Waals surface area contributed by atoms with Crippen molar-refractivity contribution in [2.45, 2.75) is 32.6 Å². The molecular formula is C21H24N2O7. The summed E-state index contributed by atoms with van der Waals surface area (Å²) in [7, 11) is 1.47. The van der Waals surface area contributed by atoms with Crippen LogP contribution in [0.3, 0.4) is 0 Å². The number of ketones is 1. The molecule has 2 N–H and O–H groups in total. The van der Waals surface area contributed by atoms with Gasteiger partial charge in [0.05, 0.1) is 17.4 Å². The van der Waals surface area contributed by atoms with Crippen molar-refractivity contribution in [3.63, 3.8) is 0 Å². The van der Waals surface area contributed by atoms with Crippen LogP contribution in [-0.2, 0) is 23.8 Å². The molecule has 9 heteroatoms. The van der Waals surface area contributed by atoms with E-state index in [1.54, 1.807) is 6.07 Å². The molecule has 0 amide bonds. The molecular weight excluding hydrogens is 392 g/mol. The Morgan fingerprint density at radius 3 is 2.73 bits per heavy atom. The van der Waals surface area contributed by atoms with Gasteiger partial charge in [0.1, 0.15) is 17.9 Å². The average molecular weight is 416 g/mol. The molecule has 2 aliphatic rings. The maximum Gasteiger partial charge on any atom is 0.340 e. The Morgan fingerprint density at radius 1 is 1.33 bits per heavy atom. The van der Waals surface area contributed by atoms with E-state index in [2.05, 4.69) is 0 Å². The zero-order valence-corrected chi connectivity index (χ0v) is 17.1.